The molecular formula is C7H7N5O3. The van der Waals surface area contributed by atoms with E-state index < -0.39 is 6.09 Å². The number of anilines is 1. The van der Waals surface area contributed by atoms with E-state index in [-0.39, 0.29) is 11.8 Å². The zero-order chi connectivity index (χ0) is 10.8. The number of amides is 1. The van der Waals surface area contributed by atoms with E-state index in [0.717, 1.165) is 0 Å². The van der Waals surface area contributed by atoms with Gasteiger partial charge in [-0.2, -0.15) is 10.1 Å². The minimum Gasteiger partial charge on any atom is -0.492 e. The Kier molecular flexibility index (Phi) is 2.08. The van der Waals surface area contributed by atoms with Crippen LogP contribution in [0.2, 0.25) is 0 Å². The van der Waals surface area contributed by atoms with Gasteiger partial charge in [0.15, 0.2) is 0 Å². The largest absolute Gasteiger partial charge is 0.492 e. The van der Waals surface area contributed by atoms with Crippen molar-refractivity contribution in [2.45, 2.75) is 0 Å². The number of aromatic amines is 1. The van der Waals surface area contributed by atoms with E-state index in [4.69, 9.17) is 0 Å². The van der Waals surface area contributed by atoms with E-state index in [1.807, 2.05) is 0 Å². The number of methoxy groups -OCH3 is 1. The molecule has 0 aliphatic rings. The van der Waals surface area contributed by atoms with E-state index in [1.54, 1.807) is 0 Å². The number of carbonyl (C=O) groups excluding carboxylic acids is 1. The van der Waals surface area contributed by atoms with Crippen LogP contribution in [0, 0.1) is 0 Å². The van der Waals surface area contributed by atoms with Crippen LogP contribution >= 0.6 is 0 Å². The molecule has 8 heteroatoms. The van der Waals surface area contributed by atoms with Crippen LogP contribution in [0.3, 0.4) is 0 Å². The van der Waals surface area contributed by atoms with Crippen LogP contribution in [-0.4, -0.2) is 38.5 Å². The third kappa shape index (κ3) is 1.64. The maximum absolute atomic E-state index is 10.8. The fourth-order valence-electron chi connectivity index (χ4n) is 1.02. The Balaban J connectivity index is 2.40. The Morgan fingerprint density at radius 1 is 1.60 bits per heavy atom. The highest BCUT2D eigenvalue weighted by Crippen LogP contribution is 2.19. The second kappa shape index (κ2) is 3.40. The van der Waals surface area contributed by atoms with Crippen molar-refractivity contribution in [2.24, 2.45) is 0 Å². The van der Waals surface area contributed by atoms with Crippen molar-refractivity contribution in [2.75, 3.05) is 12.4 Å². The molecule has 15 heavy (non-hydrogen) atoms. The first kappa shape index (κ1) is 9.19. The van der Waals surface area contributed by atoms with Gasteiger partial charge in [0, 0.05) is 0 Å². The summed E-state index contributed by atoms with van der Waals surface area (Å²) in [5, 5.41) is 17.8. The molecule has 0 unspecified atom stereocenters. The lowest BCUT2D eigenvalue weighted by atomic mass is 10.4. The van der Waals surface area contributed by atoms with Crippen LogP contribution in [0.1, 0.15) is 0 Å². The number of nitrogens with one attached hydrogen (secondary N) is 2. The number of H-pyrrole nitrogens is 1. The fraction of sp³-hybridized carbons (Fsp3) is 0.143. The highest BCUT2D eigenvalue weighted by Gasteiger charge is 2.10. The number of carbonyl (C=O) groups is 1. The van der Waals surface area contributed by atoms with Crippen LogP contribution in [0.5, 0.6) is 5.88 Å². The first-order valence-electron chi connectivity index (χ1n) is 3.96. The topological polar surface area (TPSA) is 113 Å². The molecular weight excluding hydrogens is 202 g/mol. The van der Waals surface area contributed by atoms with Gasteiger partial charge < -0.3 is 9.84 Å². The zero-order valence-corrected chi connectivity index (χ0v) is 7.68. The van der Waals surface area contributed by atoms with Crippen LogP contribution < -0.4 is 5.32 Å². The summed E-state index contributed by atoms with van der Waals surface area (Å²) in [6.45, 7) is 0. The predicted octanol–water partition coefficient (Wildman–Crippen LogP) is 0.237. The number of ether oxygens (including phenoxy) is 1. The maximum atomic E-state index is 10.8. The average molecular weight is 209 g/mol. The number of hydrogen-bond donors (Lipinski definition) is 3. The highest BCUT2D eigenvalue weighted by molar-refractivity contribution is 5.85. The van der Waals surface area contributed by atoms with Crippen LogP contribution in [-0.2, 0) is 4.74 Å². The summed E-state index contributed by atoms with van der Waals surface area (Å²) in [5.41, 5.74) is 0.708. The summed E-state index contributed by atoms with van der Waals surface area (Å²) in [7, 11) is 1.21. The fourth-order valence-corrected chi connectivity index (χ4v) is 1.02. The Bertz CT molecular complexity index is 508. The van der Waals surface area contributed by atoms with E-state index in [1.165, 1.54) is 13.3 Å². The predicted molar refractivity (Wildman–Crippen MR) is 49.4 cm³/mol. The molecule has 0 fully saturated rings. The molecule has 2 rings (SSSR count). The molecule has 0 atom stereocenters. The van der Waals surface area contributed by atoms with Gasteiger partial charge in [-0.25, -0.2) is 9.78 Å². The summed E-state index contributed by atoms with van der Waals surface area (Å²) < 4.78 is 4.35. The molecule has 0 aromatic carbocycles. The summed E-state index contributed by atoms with van der Waals surface area (Å²) in [4.78, 5) is 18.4. The normalized spacial score (nSPS) is 10.2. The molecule has 0 saturated heterocycles. The summed E-state index contributed by atoms with van der Waals surface area (Å²) in [5.74, 6) is -0.336. The van der Waals surface area contributed by atoms with Gasteiger partial charge in [-0.1, -0.05) is 0 Å². The highest BCUT2D eigenvalue weighted by atomic mass is 16.5. The molecule has 78 valence electrons. The monoisotopic (exact) mass is 209 g/mol. The third-order valence-corrected chi connectivity index (χ3v) is 1.68. The number of aromatic nitrogens is 4. The maximum Gasteiger partial charge on any atom is 0.413 e. The van der Waals surface area contributed by atoms with E-state index in [2.05, 4.69) is 30.2 Å². The minimum absolute atomic E-state index is 0.0479. The molecule has 2 aromatic heterocycles. The van der Waals surface area contributed by atoms with Gasteiger partial charge in [0.2, 0.25) is 11.8 Å². The van der Waals surface area contributed by atoms with Crippen molar-refractivity contribution in [1.82, 2.24) is 20.2 Å². The van der Waals surface area contributed by atoms with Crippen molar-refractivity contribution in [3.05, 3.63) is 6.20 Å². The van der Waals surface area contributed by atoms with Crippen molar-refractivity contribution >= 4 is 23.1 Å². The molecule has 8 nitrogen and oxygen atoms in total. The van der Waals surface area contributed by atoms with Gasteiger partial charge in [-0.3, -0.25) is 10.4 Å². The molecule has 0 saturated carbocycles. The molecule has 0 aliphatic heterocycles. The van der Waals surface area contributed by atoms with Crippen molar-refractivity contribution < 1.29 is 14.6 Å². The lowest BCUT2D eigenvalue weighted by Crippen LogP contribution is -2.13. The van der Waals surface area contributed by atoms with Crippen LogP contribution in [0.15, 0.2) is 6.20 Å². The van der Waals surface area contributed by atoms with Crippen molar-refractivity contribution in [3.63, 3.8) is 0 Å². The molecule has 2 aromatic rings. The average Bonchev–Trinajstić information content (AvgIpc) is 2.66. The third-order valence-electron chi connectivity index (χ3n) is 1.68. The molecule has 1 amide bonds. The first-order chi connectivity index (χ1) is 7.20. The number of rotatable bonds is 1. The second-order valence-electron chi connectivity index (χ2n) is 2.62. The van der Waals surface area contributed by atoms with Gasteiger partial charge in [-0.15, -0.1) is 0 Å². The minimum atomic E-state index is -0.711. The lowest BCUT2D eigenvalue weighted by molar-refractivity contribution is 0.186. The number of nitrogens with zero attached hydrogens (tertiary/aromatic N) is 3. The van der Waals surface area contributed by atoms with Gasteiger partial charge in [0.1, 0.15) is 11.0 Å². The van der Waals surface area contributed by atoms with Gasteiger partial charge in [0.05, 0.1) is 13.3 Å². The number of aromatic hydroxyl groups is 1. The quantitative estimate of drug-likeness (QED) is 0.619. The van der Waals surface area contributed by atoms with E-state index in [9.17, 15) is 9.90 Å². The zero-order valence-electron chi connectivity index (χ0n) is 7.68. The summed E-state index contributed by atoms with van der Waals surface area (Å²) in [6.07, 6.45) is 0.691. The summed E-state index contributed by atoms with van der Waals surface area (Å²) >= 11 is 0. The van der Waals surface area contributed by atoms with Gasteiger partial charge >= 0.3 is 6.09 Å². The Morgan fingerprint density at radius 2 is 2.40 bits per heavy atom. The van der Waals surface area contributed by atoms with Crippen LogP contribution in [0.25, 0.3) is 11.0 Å². The molecule has 0 radical (unpaired) electrons. The lowest BCUT2D eigenvalue weighted by Gasteiger charge is -2.01. The van der Waals surface area contributed by atoms with E-state index in [0.29, 0.717) is 11.0 Å². The van der Waals surface area contributed by atoms with Crippen LogP contribution in [0.4, 0.5) is 10.7 Å². The smallest absolute Gasteiger partial charge is 0.413 e. The van der Waals surface area contributed by atoms with Crippen molar-refractivity contribution in [3.8, 4) is 5.88 Å². The van der Waals surface area contributed by atoms with Crippen molar-refractivity contribution in [1.29, 1.82) is 0 Å². The molecule has 2 heterocycles. The Labute approximate surface area is 83.3 Å². The summed E-state index contributed by atoms with van der Waals surface area (Å²) in [6, 6.07) is 0. The number of hydrogen-bond acceptors (Lipinski definition) is 6. The second-order valence-corrected chi connectivity index (χ2v) is 2.62. The SMILES string of the molecule is COC(=O)Nc1nc(O)c2[nH]ncc2n1. The molecule has 0 aliphatic carbocycles. The number of fused-ring (bicyclic) bond motifs is 1. The molecule has 3 N–H and O–H groups in total. The Hall–Kier alpha value is -2.38. The molecule has 0 spiro atoms. The Morgan fingerprint density at radius 3 is 3.13 bits per heavy atom. The molecule has 0 bridgehead atoms. The standard InChI is InChI=1S/C7H7N5O3/c1-15-7(14)11-6-9-3-2-8-12-4(3)5(13)10-6/h2H,1H3,(H,8,12)(H2,9,10,11,13,14). The first-order valence-corrected chi connectivity index (χ1v) is 3.96. The van der Waals surface area contributed by atoms with Gasteiger partial charge in [-0.05, 0) is 0 Å². The van der Waals surface area contributed by atoms with Gasteiger partial charge in [0.25, 0.3) is 0 Å². The van der Waals surface area contributed by atoms with E-state index >= 15 is 0 Å².